The van der Waals surface area contributed by atoms with Gasteiger partial charge < -0.3 is 10.6 Å². The van der Waals surface area contributed by atoms with Crippen molar-refractivity contribution in [3.05, 3.63) is 23.0 Å². The molecule has 1 aromatic heterocycles. The van der Waals surface area contributed by atoms with Crippen LogP contribution in [0.25, 0.3) is 0 Å². The van der Waals surface area contributed by atoms with Gasteiger partial charge in [-0.15, -0.1) is 0 Å². The standard InChI is InChI=1S/C14H22N4O/c1-10-8-13(11(2)17-16-10)14(19)18-7-5-3-4-6-12(18)9-15/h8,12H,3-7,9,15H2,1-2H3. The second-order valence-electron chi connectivity index (χ2n) is 5.22. The fraction of sp³-hybridized carbons (Fsp3) is 0.643. The Morgan fingerprint density at radius 1 is 1.37 bits per heavy atom. The molecule has 0 aliphatic carbocycles. The van der Waals surface area contributed by atoms with Gasteiger partial charge in [-0.3, -0.25) is 4.79 Å². The van der Waals surface area contributed by atoms with Crippen LogP contribution >= 0.6 is 0 Å². The molecule has 0 saturated carbocycles. The summed E-state index contributed by atoms with van der Waals surface area (Å²) in [6, 6.07) is 1.98. The number of amides is 1. The maximum Gasteiger partial charge on any atom is 0.256 e. The number of likely N-dealkylation sites (tertiary alicyclic amines) is 1. The van der Waals surface area contributed by atoms with E-state index >= 15 is 0 Å². The van der Waals surface area contributed by atoms with E-state index in [-0.39, 0.29) is 11.9 Å². The fourth-order valence-corrected chi connectivity index (χ4v) is 2.61. The van der Waals surface area contributed by atoms with Crippen molar-refractivity contribution in [1.82, 2.24) is 15.1 Å². The molecule has 5 nitrogen and oxygen atoms in total. The van der Waals surface area contributed by atoms with Gasteiger partial charge in [0, 0.05) is 19.1 Å². The van der Waals surface area contributed by atoms with E-state index in [0.29, 0.717) is 17.8 Å². The number of hydrogen-bond donors (Lipinski definition) is 1. The Labute approximate surface area is 114 Å². The van der Waals surface area contributed by atoms with Crippen molar-refractivity contribution >= 4 is 5.91 Å². The van der Waals surface area contributed by atoms with E-state index in [9.17, 15) is 4.79 Å². The number of aryl methyl sites for hydroxylation is 2. The van der Waals surface area contributed by atoms with E-state index < -0.39 is 0 Å². The zero-order chi connectivity index (χ0) is 13.8. The van der Waals surface area contributed by atoms with Crippen molar-refractivity contribution < 1.29 is 4.79 Å². The third kappa shape index (κ3) is 3.10. The van der Waals surface area contributed by atoms with E-state index in [1.54, 1.807) is 0 Å². The van der Waals surface area contributed by atoms with E-state index in [4.69, 9.17) is 5.73 Å². The maximum atomic E-state index is 12.7. The summed E-state index contributed by atoms with van der Waals surface area (Å²) in [5.74, 6) is 0.0489. The molecule has 0 radical (unpaired) electrons. The highest BCUT2D eigenvalue weighted by Crippen LogP contribution is 2.19. The summed E-state index contributed by atoms with van der Waals surface area (Å²) in [6.45, 7) is 5.00. The Morgan fingerprint density at radius 2 is 2.16 bits per heavy atom. The van der Waals surface area contributed by atoms with Gasteiger partial charge in [0.1, 0.15) is 0 Å². The molecule has 2 N–H and O–H groups in total. The Morgan fingerprint density at radius 3 is 2.89 bits per heavy atom. The largest absolute Gasteiger partial charge is 0.334 e. The van der Waals surface area contributed by atoms with Gasteiger partial charge in [0.25, 0.3) is 5.91 Å². The lowest BCUT2D eigenvalue weighted by atomic mass is 10.1. The van der Waals surface area contributed by atoms with E-state index in [1.807, 2.05) is 24.8 Å². The second kappa shape index (κ2) is 6.10. The van der Waals surface area contributed by atoms with Gasteiger partial charge in [0.05, 0.1) is 17.0 Å². The van der Waals surface area contributed by atoms with Gasteiger partial charge in [0.15, 0.2) is 0 Å². The number of aromatic nitrogens is 2. The van der Waals surface area contributed by atoms with Crippen LogP contribution in [0.5, 0.6) is 0 Å². The smallest absolute Gasteiger partial charge is 0.256 e. The first kappa shape index (κ1) is 13.9. The zero-order valence-corrected chi connectivity index (χ0v) is 11.7. The average Bonchev–Trinajstić information content (AvgIpc) is 2.65. The summed E-state index contributed by atoms with van der Waals surface area (Å²) in [5.41, 5.74) is 7.95. The van der Waals surface area contributed by atoms with Gasteiger partial charge >= 0.3 is 0 Å². The molecule has 1 saturated heterocycles. The Balaban J connectivity index is 2.27. The van der Waals surface area contributed by atoms with Crippen LogP contribution in [0.3, 0.4) is 0 Å². The van der Waals surface area contributed by atoms with Crippen molar-refractivity contribution in [3.63, 3.8) is 0 Å². The van der Waals surface area contributed by atoms with Crippen molar-refractivity contribution in [3.8, 4) is 0 Å². The van der Waals surface area contributed by atoms with Crippen molar-refractivity contribution in [2.24, 2.45) is 5.73 Å². The molecule has 1 amide bonds. The average molecular weight is 262 g/mol. The Bertz CT molecular complexity index is 461. The molecule has 0 spiro atoms. The first-order valence-electron chi connectivity index (χ1n) is 6.95. The van der Waals surface area contributed by atoms with Crippen LogP contribution in [0.15, 0.2) is 6.07 Å². The molecule has 1 unspecified atom stereocenters. The molecule has 5 heteroatoms. The topological polar surface area (TPSA) is 72.1 Å². The highest BCUT2D eigenvalue weighted by atomic mass is 16.2. The molecular weight excluding hydrogens is 240 g/mol. The number of hydrogen-bond acceptors (Lipinski definition) is 4. The van der Waals surface area contributed by atoms with Gasteiger partial charge in [0.2, 0.25) is 0 Å². The number of carbonyl (C=O) groups is 1. The Hall–Kier alpha value is -1.49. The van der Waals surface area contributed by atoms with Crippen LogP contribution in [0.4, 0.5) is 0 Å². The molecule has 2 rings (SSSR count). The molecule has 1 atom stereocenters. The van der Waals surface area contributed by atoms with E-state index in [0.717, 1.165) is 31.5 Å². The van der Waals surface area contributed by atoms with Gasteiger partial charge in [-0.25, -0.2) is 0 Å². The molecule has 0 aromatic carbocycles. The predicted molar refractivity (Wildman–Crippen MR) is 73.9 cm³/mol. The van der Waals surface area contributed by atoms with E-state index in [2.05, 4.69) is 10.2 Å². The number of carbonyl (C=O) groups excluding carboxylic acids is 1. The van der Waals surface area contributed by atoms with Gasteiger partial charge in [-0.2, -0.15) is 10.2 Å². The minimum absolute atomic E-state index is 0.0489. The lowest BCUT2D eigenvalue weighted by molar-refractivity contribution is 0.0687. The highest BCUT2D eigenvalue weighted by Gasteiger charge is 2.26. The van der Waals surface area contributed by atoms with Crippen molar-refractivity contribution in [2.75, 3.05) is 13.1 Å². The summed E-state index contributed by atoms with van der Waals surface area (Å²) in [7, 11) is 0. The van der Waals surface area contributed by atoms with Crippen LogP contribution in [0.1, 0.15) is 47.4 Å². The quantitative estimate of drug-likeness (QED) is 0.875. The summed E-state index contributed by atoms with van der Waals surface area (Å²) >= 11 is 0. The molecule has 0 bridgehead atoms. The van der Waals surface area contributed by atoms with Gasteiger partial charge in [-0.1, -0.05) is 12.8 Å². The van der Waals surface area contributed by atoms with Crippen LogP contribution in [-0.4, -0.2) is 40.1 Å². The minimum atomic E-state index is 0.0489. The molecule has 1 aliphatic rings. The van der Waals surface area contributed by atoms with Crippen LogP contribution in [-0.2, 0) is 0 Å². The third-order valence-electron chi connectivity index (χ3n) is 3.74. The van der Waals surface area contributed by atoms with E-state index in [1.165, 1.54) is 6.42 Å². The predicted octanol–water partition coefficient (Wildman–Crippen LogP) is 1.44. The molecule has 2 heterocycles. The lowest BCUT2D eigenvalue weighted by Crippen LogP contribution is -2.44. The minimum Gasteiger partial charge on any atom is -0.334 e. The van der Waals surface area contributed by atoms with Crippen molar-refractivity contribution in [1.29, 1.82) is 0 Å². The summed E-state index contributed by atoms with van der Waals surface area (Å²) < 4.78 is 0. The molecule has 1 aliphatic heterocycles. The number of rotatable bonds is 2. The Kier molecular flexibility index (Phi) is 4.47. The monoisotopic (exact) mass is 262 g/mol. The number of nitrogens with zero attached hydrogens (tertiary/aromatic N) is 3. The third-order valence-corrected chi connectivity index (χ3v) is 3.74. The molecule has 1 fully saturated rings. The zero-order valence-electron chi connectivity index (χ0n) is 11.7. The SMILES string of the molecule is Cc1cc(C(=O)N2CCCCCC2CN)c(C)nn1. The fourth-order valence-electron chi connectivity index (χ4n) is 2.61. The normalized spacial score (nSPS) is 20.2. The van der Waals surface area contributed by atoms with Gasteiger partial charge in [-0.05, 0) is 32.8 Å². The first-order chi connectivity index (χ1) is 9.13. The lowest BCUT2D eigenvalue weighted by Gasteiger charge is -2.29. The summed E-state index contributed by atoms with van der Waals surface area (Å²) in [5, 5.41) is 8.02. The summed E-state index contributed by atoms with van der Waals surface area (Å²) in [6.07, 6.45) is 4.38. The van der Waals surface area contributed by atoms with Crippen LogP contribution < -0.4 is 5.73 Å². The highest BCUT2D eigenvalue weighted by molar-refractivity contribution is 5.95. The molecule has 19 heavy (non-hydrogen) atoms. The van der Waals surface area contributed by atoms with Crippen LogP contribution in [0.2, 0.25) is 0 Å². The number of nitrogens with two attached hydrogens (primary N) is 1. The van der Waals surface area contributed by atoms with Crippen LogP contribution in [0, 0.1) is 13.8 Å². The molecule has 104 valence electrons. The van der Waals surface area contributed by atoms with Crippen molar-refractivity contribution in [2.45, 2.75) is 45.6 Å². The first-order valence-corrected chi connectivity index (χ1v) is 6.95. The second-order valence-corrected chi connectivity index (χ2v) is 5.22. The maximum absolute atomic E-state index is 12.7. The molecule has 1 aromatic rings. The molecular formula is C14H22N4O. The summed E-state index contributed by atoms with van der Waals surface area (Å²) in [4.78, 5) is 14.6.